The van der Waals surface area contributed by atoms with Crippen molar-refractivity contribution in [2.45, 2.75) is 69.5 Å². The number of nitrogens with two attached hydrogens (primary N) is 1. The highest BCUT2D eigenvalue weighted by Crippen LogP contribution is 2.30. The Morgan fingerprint density at radius 3 is 2.47 bits per heavy atom. The van der Waals surface area contributed by atoms with Crippen LogP contribution in [0.25, 0.3) is 0 Å². The second-order valence-corrected chi connectivity index (χ2v) is 5.57. The van der Waals surface area contributed by atoms with Gasteiger partial charge in [0.05, 0.1) is 11.7 Å². The molecule has 0 amide bonds. The number of rotatable bonds is 5. The van der Waals surface area contributed by atoms with Crippen LogP contribution in [-0.2, 0) is 9.47 Å². The summed E-state index contributed by atoms with van der Waals surface area (Å²) >= 11 is 0. The van der Waals surface area contributed by atoms with Crippen molar-refractivity contribution in [3.05, 3.63) is 0 Å². The Kier molecular flexibility index (Phi) is 5.26. The van der Waals surface area contributed by atoms with Crippen molar-refractivity contribution in [1.29, 1.82) is 0 Å². The van der Waals surface area contributed by atoms with Crippen molar-refractivity contribution in [2.24, 2.45) is 5.73 Å². The summed E-state index contributed by atoms with van der Waals surface area (Å²) in [6.45, 7) is 2.44. The van der Waals surface area contributed by atoms with Crippen molar-refractivity contribution in [2.75, 3.05) is 19.8 Å². The molecule has 0 spiro atoms. The van der Waals surface area contributed by atoms with Crippen LogP contribution < -0.4 is 5.73 Å². The number of hydrogen-bond acceptors (Lipinski definition) is 3. The summed E-state index contributed by atoms with van der Waals surface area (Å²) in [5.41, 5.74) is 5.93. The lowest BCUT2D eigenvalue weighted by Gasteiger charge is -2.32. The van der Waals surface area contributed by atoms with Gasteiger partial charge in [-0.25, -0.2) is 0 Å². The van der Waals surface area contributed by atoms with Crippen molar-refractivity contribution < 1.29 is 9.47 Å². The predicted molar refractivity (Wildman–Crippen MR) is 69.0 cm³/mol. The van der Waals surface area contributed by atoms with E-state index in [2.05, 4.69) is 0 Å². The molecule has 1 heterocycles. The second-order valence-electron chi connectivity index (χ2n) is 5.57. The van der Waals surface area contributed by atoms with E-state index in [9.17, 15) is 0 Å². The van der Waals surface area contributed by atoms with Crippen molar-refractivity contribution >= 4 is 0 Å². The lowest BCUT2D eigenvalue weighted by Crippen LogP contribution is -2.41. The molecule has 3 nitrogen and oxygen atoms in total. The lowest BCUT2D eigenvalue weighted by atomic mass is 9.94. The van der Waals surface area contributed by atoms with Gasteiger partial charge >= 0.3 is 0 Å². The zero-order valence-electron chi connectivity index (χ0n) is 11.0. The monoisotopic (exact) mass is 241 g/mol. The highest BCUT2D eigenvalue weighted by Gasteiger charge is 2.30. The zero-order chi connectivity index (χ0) is 12.0. The van der Waals surface area contributed by atoms with E-state index in [1.165, 1.54) is 38.5 Å². The summed E-state index contributed by atoms with van der Waals surface area (Å²) in [4.78, 5) is 0. The molecule has 1 unspecified atom stereocenters. The first-order valence-corrected chi connectivity index (χ1v) is 7.30. The molecule has 1 saturated heterocycles. The first-order chi connectivity index (χ1) is 8.35. The second kappa shape index (κ2) is 6.72. The standard InChI is InChI=1S/C14H27NO2/c15-12-14(8-3-1-2-4-9-14)17-11-7-13-6-5-10-16-13/h13H,1-12,15H2. The van der Waals surface area contributed by atoms with Gasteiger partial charge < -0.3 is 15.2 Å². The van der Waals surface area contributed by atoms with Gasteiger partial charge in [-0.2, -0.15) is 0 Å². The maximum Gasteiger partial charge on any atom is 0.0804 e. The van der Waals surface area contributed by atoms with E-state index in [1.807, 2.05) is 0 Å². The third-order valence-corrected chi connectivity index (χ3v) is 4.26. The van der Waals surface area contributed by atoms with Gasteiger partial charge in [0.25, 0.3) is 0 Å². The van der Waals surface area contributed by atoms with Gasteiger partial charge in [-0.15, -0.1) is 0 Å². The third-order valence-electron chi connectivity index (χ3n) is 4.26. The van der Waals surface area contributed by atoms with Crippen LogP contribution in [0.5, 0.6) is 0 Å². The quantitative estimate of drug-likeness (QED) is 0.753. The Balaban J connectivity index is 1.73. The molecule has 100 valence electrons. The Bertz CT molecular complexity index is 206. The van der Waals surface area contributed by atoms with E-state index in [1.54, 1.807) is 0 Å². The van der Waals surface area contributed by atoms with Crippen molar-refractivity contribution in [3.8, 4) is 0 Å². The minimum atomic E-state index is -0.0187. The fourth-order valence-electron chi connectivity index (χ4n) is 3.06. The van der Waals surface area contributed by atoms with Crippen LogP contribution in [0.3, 0.4) is 0 Å². The Morgan fingerprint density at radius 1 is 1.12 bits per heavy atom. The van der Waals surface area contributed by atoms with Crippen LogP contribution in [0.1, 0.15) is 57.8 Å². The van der Waals surface area contributed by atoms with E-state index in [-0.39, 0.29) is 5.60 Å². The minimum absolute atomic E-state index is 0.0187. The Morgan fingerprint density at radius 2 is 1.88 bits per heavy atom. The van der Waals surface area contributed by atoms with Gasteiger partial charge in [-0.1, -0.05) is 25.7 Å². The molecule has 17 heavy (non-hydrogen) atoms. The summed E-state index contributed by atoms with van der Waals surface area (Å²) in [6.07, 6.45) is 11.4. The molecular weight excluding hydrogens is 214 g/mol. The van der Waals surface area contributed by atoms with Gasteiger partial charge in [-0.05, 0) is 32.1 Å². The smallest absolute Gasteiger partial charge is 0.0804 e. The molecule has 1 aliphatic heterocycles. The molecule has 0 aromatic heterocycles. The molecule has 2 N–H and O–H groups in total. The predicted octanol–water partition coefficient (Wildman–Crippen LogP) is 2.62. The molecule has 2 aliphatic rings. The molecule has 1 aliphatic carbocycles. The first-order valence-electron chi connectivity index (χ1n) is 7.30. The molecule has 3 heteroatoms. The van der Waals surface area contributed by atoms with Crippen molar-refractivity contribution in [3.63, 3.8) is 0 Å². The maximum absolute atomic E-state index is 6.16. The van der Waals surface area contributed by atoms with Crippen LogP contribution in [0.2, 0.25) is 0 Å². The van der Waals surface area contributed by atoms with Gasteiger partial charge in [-0.3, -0.25) is 0 Å². The highest BCUT2D eigenvalue weighted by atomic mass is 16.5. The molecule has 0 aromatic carbocycles. The van der Waals surface area contributed by atoms with Gasteiger partial charge in [0, 0.05) is 19.8 Å². The van der Waals surface area contributed by atoms with E-state index in [0.29, 0.717) is 12.6 Å². The number of ether oxygens (including phenoxy) is 2. The van der Waals surface area contributed by atoms with E-state index < -0.39 is 0 Å². The molecule has 1 saturated carbocycles. The lowest BCUT2D eigenvalue weighted by molar-refractivity contribution is -0.0610. The van der Waals surface area contributed by atoms with Crippen LogP contribution in [-0.4, -0.2) is 31.5 Å². The van der Waals surface area contributed by atoms with Gasteiger partial charge in [0.2, 0.25) is 0 Å². The number of hydrogen-bond donors (Lipinski definition) is 1. The Hall–Kier alpha value is -0.120. The average molecular weight is 241 g/mol. The largest absolute Gasteiger partial charge is 0.378 e. The van der Waals surface area contributed by atoms with Crippen LogP contribution in [0.15, 0.2) is 0 Å². The fraction of sp³-hybridized carbons (Fsp3) is 1.00. The maximum atomic E-state index is 6.16. The molecule has 0 aromatic rings. The van der Waals surface area contributed by atoms with Crippen LogP contribution in [0.4, 0.5) is 0 Å². The van der Waals surface area contributed by atoms with Crippen LogP contribution in [0, 0.1) is 0 Å². The normalized spacial score (nSPS) is 29.1. The summed E-state index contributed by atoms with van der Waals surface area (Å²) in [7, 11) is 0. The molecule has 1 atom stereocenters. The summed E-state index contributed by atoms with van der Waals surface area (Å²) in [5, 5.41) is 0. The minimum Gasteiger partial charge on any atom is -0.378 e. The highest BCUT2D eigenvalue weighted by molar-refractivity contribution is 4.84. The van der Waals surface area contributed by atoms with E-state index in [0.717, 1.165) is 32.5 Å². The van der Waals surface area contributed by atoms with E-state index >= 15 is 0 Å². The zero-order valence-corrected chi connectivity index (χ0v) is 11.0. The molecular formula is C14H27NO2. The molecule has 2 fully saturated rings. The SMILES string of the molecule is NCC1(OCCC2CCCO2)CCCCCC1. The summed E-state index contributed by atoms with van der Waals surface area (Å²) in [5.74, 6) is 0. The van der Waals surface area contributed by atoms with Gasteiger partial charge in [0.1, 0.15) is 0 Å². The molecule has 2 rings (SSSR count). The fourth-order valence-corrected chi connectivity index (χ4v) is 3.06. The summed E-state index contributed by atoms with van der Waals surface area (Å²) in [6, 6.07) is 0. The summed E-state index contributed by atoms with van der Waals surface area (Å²) < 4.78 is 11.8. The third kappa shape index (κ3) is 3.94. The van der Waals surface area contributed by atoms with Crippen molar-refractivity contribution in [1.82, 2.24) is 0 Å². The Labute approximate surface area is 105 Å². The topological polar surface area (TPSA) is 44.5 Å². The van der Waals surface area contributed by atoms with E-state index in [4.69, 9.17) is 15.2 Å². The van der Waals surface area contributed by atoms with Gasteiger partial charge in [0.15, 0.2) is 0 Å². The van der Waals surface area contributed by atoms with Crippen LogP contribution >= 0.6 is 0 Å². The molecule has 0 radical (unpaired) electrons. The molecule has 0 bridgehead atoms. The first kappa shape index (κ1) is 13.3. The average Bonchev–Trinajstić information content (AvgIpc) is 2.75.